The van der Waals surface area contributed by atoms with Crippen LogP contribution in [0.5, 0.6) is 0 Å². The van der Waals surface area contributed by atoms with Crippen molar-refractivity contribution in [2.24, 2.45) is 5.92 Å². The molecule has 0 saturated heterocycles. The molecule has 78 valence electrons. The summed E-state index contributed by atoms with van der Waals surface area (Å²) in [5, 5.41) is 0. The Balaban J connectivity index is 0.000000461. The van der Waals surface area contributed by atoms with Gasteiger partial charge in [-0.15, -0.1) is 0 Å². The van der Waals surface area contributed by atoms with E-state index in [4.69, 9.17) is 0 Å². The molecular formula is C14H22. The highest BCUT2D eigenvalue weighted by atomic mass is 14.3. The second-order valence-corrected chi connectivity index (χ2v) is 3.86. The molecule has 0 amide bonds. The fraction of sp³-hybridized carbons (Fsp3) is 0.571. The fourth-order valence-electron chi connectivity index (χ4n) is 2.38. The van der Waals surface area contributed by atoms with Crippen molar-refractivity contribution in [3.8, 4) is 0 Å². The molecule has 14 heavy (non-hydrogen) atoms. The van der Waals surface area contributed by atoms with Gasteiger partial charge >= 0.3 is 0 Å². The van der Waals surface area contributed by atoms with E-state index in [0.29, 0.717) is 0 Å². The van der Waals surface area contributed by atoms with Crippen molar-refractivity contribution in [1.29, 1.82) is 0 Å². The van der Waals surface area contributed by atoms with E-state index in [1.807, 2.05) is 13.8 Å². The Labute approximate surface area is 88.4 Å². The van der Waals surface area contributed by atoms with Crippen LogP contribution in [0.1, 0.15) is 51.2 Å². The van der Waals surface area contributed by atoms with Gasteiger partial charge in [0.1, 0.15) is 0 Å². The van der Waals surface area contributed by atoms with Gasteiger partial charge in [0.05, 0.1) is 0 Å². The standard InChI is InChI=1S/C12H16.C2H6/c1-3-10-8-11-6-4-5-7-12(11)9(10)2;1-2/h4-7,9-10H,3,8H2,1-2H3;1-2H3. The predicted molar refractivity (Wildman–Crippen MR) is 63.7 cm³/mol. The summed E-state index contributed by atoms with van der Waals surface area (Å²) < 4.78 is 0. The van der Waals surface area contributed by atoms with Gasteiger partial charge in [0.2, 0.25) is 0 Å². The molecule has 0 nitrogen and oxygen atoms in total. The molecule has 0 heteroatoms. The molecule has 1 aliphatic carbocycles. The first-order valence-corrected chi connectivity index (χ1v) is 5.90. The largest absolute Gasteiger partial charge is 0.0683 e. The summed E-state index contributed by atoms with van der Waals surface area (Å²) in [6, 6.07) is 8.88. The summed E-state index contributed by atoms with van der Waals surface area (Å²) in [6.45, 7) is 8.66. The molecule has 2 rings (SSSR count). The molecule has 1 aromatic carbocycles. The average Bonchev–Trinajstić information content (AvgIpc) is 2.59. The van der Waals surface area contributed by atoms with Gasteiger partial charge < -0.3 is 0 Å². The minimum atomic E-state index is 0.784. The smallest absolute Gasteiger partial charge is 0.0156 e. The van der Waals surface area contributed by atoms with Gasteiger partial charge in [-0.05, 0) is 29.4 Å². The first kappa shape index (κ1) is 11.3. The number of benzene rings is 1. The average molecular weight is 190 g/mol. The third-order valence-electron chi connectivity index (χ3n) is 3.26. The van der Waals surface area contributed by atoms with E-state index in [2.05, 4.69) is 38.1 Å². The molecule has 0 fully saturated rings. The summed E-state index contributed by atoms with van der Waals surface area (Å²) in [7, 11) is 0. The summed E-state index contributed by atoms with van der Waals surface area (Å²) in [5.41, 5.74) is 3.17. The highest BCUT2D eigenvalue weighted by Gasteiger charge is 2.26. The summed E-state index contributed by atoms with van der Waals surface area (Å²) >= 11 is 0. The van der Waals surface area contributed by atoms with E-state index in [1.165, 1.54) is 12.8 Å². The molecular weight excluding hydrogens is 168 g/mol. The van der Waals surface area contributed by atoms with Crippen LogP contribution < -0.4 is 0 Å². The second kappa shape index (κ2) is 5.19. The molecule has 2 unspecified atom stereocenters. The lowest BCUT2D eigenvalue weighted by molar-refractivity contribution is 0.468. The van der Waals surface area contributed by atoms with Crippen molar-refractivity contribution < 1.29 is 0 Å². The first-order chi connectivity index (χ1) is 6.83. The molecule has 0 radical (unpaired) electrons. The Bertz CT molecular complexity index is 275. The lowest BCUT2D eigenvalue weighted by Crippen LogP contribution is -2.01. The van der Waals surface area contributed by atoms with Crippen LogP contribution in [0.2, 0.25) is 0 Å². The number of rotatable bonds is 1. The SMILES string of the molecule is CC.CCC1Cc2ccccc2C1C. The van der Waals surface area contributed by atoms with Gasteiger partial charge in [-0.2, -0.15) is 0 Å². The van der Waals surface area contributed by atoms with Gasteiger partial charge in [0.25, 0.3) is 0 Å². The van der Waals surface area contributed by atoms with Gasteiger partial charge in [-0.3, -0.25) is 0 Å². The fourth-order valence-corrected chi connectivity index (χ4v) is 2.38. The molecule has 2 atom stereocenters. The van der Waals surface area contributed by atoms with Crippen LogP contribution in [0.3, 0.4) is 0 Å². The number of fused-ring (bicyclic) bond motifs is 1. The Morgan fingerprint density at radius 3 is 2.43 bits per heavy atom. The zero-order valence-electron chi connectivity index (χ0n) is 9.88. The van der Waals surface area contributed by atoms with Crippen LogP contribution in [0, 0.1) is 5.92 Å². The topological polar surface area (TPSA) is 0 Å². The summed E-state index contributed by atoms with van der Waals surface area (Å²) in [6.07, 6.45) is 2.61. The maximum Gasteiger partial charge on any atom is -0.0156 e. The molecule has 0 aromatic heterocycles. The van der Waals surface area contributed by atoms with Crippen molar-refractivity contribution in [3.05, 3.63) is 35.4 Å². The molecule has 0 spiro atoms. The van der Waals surface area contributed by atoms with Crippen LogP contribution in [0.4, 0.5) is 0 Å². The van der Waals surface area contributed by atoms with Crippen LogP contribution in [0.25, 0.3) is 0 Å². The Morgan fingerprint density at radius 1 is 1.21 bits per heavy atom. The minimum absolute atomic E-state index is 0.784. The van der Waals surface area contributed by atoms with Crippen molar-refractivity contribution in [1.82, 2.24) is 0 Å². The van der Waals surface area contributed by atoms with Crippen LogP contribution in [-0.2, 0) is 6.42 Å². The minimum Gasteiger partial charge on any atom is -0.0683 e. The van der Waals surface area contributed by atoms with Crippen LogP contribution >= 0.6 is 0 Å². The van der Waals surface area contributed by atoms with E-state index in [1.54, 1.807) is 11.1 Å². The number of hydrogen-bond donors (Lipinski definition) is 0. The molecule has 0 aliphatic heterocycles. The second-order valence-electron chi connectivity index (χ2n) is 3.86. The third-order valence-corrected chi connectivity index (χ3v) is 3.26. The van der Waals surface area contributed by atoms with Crippen molar-refractivity contribution >= 4 is 0 Å². The van der Waals surface area contributed by atoms with Gasteiger partial charge in [-0.1, -0.05) is 58.4 Å². The van der Waals surface area contributed by atoms with Gasteiger partial charge in [0.15, 0.2) is 0 Å². The normalized spacial score (nSPS) is 23.7. The van der Waals surface area contributed by atoms with Crippen LogP contribution in [0.15, 0.2) is 24.3 Å². The first-order valence-electron chi connectivity index (χ1n) is 5.90. The van der Waals surface area contributed by atoms with E-state index in [0.717, 1.165) is 11.8 Å². The Hall–Kier alpha value is -0.780. The van der Waals surface area contributed by atoms with Crippen molar-refractivity contribution in [2.75, 3.05) is 0 Å². The van der Waals surface area contributed by atoms with Gasteiger partial charge in [0, 0.05) is 0 Å². The maximum atomic E-state index is 2.36. The predicted octanol–water partition coefficient (Wildman–Crippen LogP) is 4.40. The molecule has 0 heterocycles. The van der Waals surface area contributed by atoms with E-state index in [9.17, 15) is 0 Å². The van der Waals surface area contributed by atoms with E-state index >= 15 is 0 Å². The quantitative estimate of drug-likeness (QED) is 0.615. The highest BCUT2D eigenvalue weighted by molar-refractivity contribution is 5.35. The van der Waals surface area contributed by atoms with Crippen molar-refractivity contribution in [3.63, 3.8) is 0 Å². The van der Waals surface area contributed by atoms with E-state index < -0.39 is 0 Å². The lowest BCUT2D eigenvalue weighted by Gasteiger charge is -2.12. The van der Waals surface area contributed by atoms with Crippen LogP contribution in [-0.4, -0.2) is 0 Å². The Morgan fingerprint density at radius 2 is 1.86 bits per heavy atom. The summed E-state index contributed by atoms with van der Waals surface area (Å²) in [4.78, 5) is 0. The molecule has 0 saturated carbocycles. The Kier molecular flexibility index (Phi) is 4.19. The lowest BCUT2D eigenvalue weighted by atomic mass is 9.93. The maximum absolute atomic E-state index is 2.36. The molecule has 1 aromatic rings. The highest BCUT2D eigenvalue weighted by Crippen LogP contribution is 2.38. The number of hydrogen-bond acceptors (Lipinski definition) is 0. The molecule has 1 aliphatic rings. The zero-order valence-corrected chi connectivity index (χ0v) is 9.88. The van der Waals surface area contributed by atoms with E-state index in [-0.39, 0.29) is 0 Å². The summed E-state index contributed by atoms with van der Waals surface area (Å²) in [5.74, 6) is 1.67. The third kappa shape index (κ3) is 2.00. The monoisotopic (exact) mass is 190 g/mol. The molecule has 0 bridgehead atoms. The molecule has 0 N–H and O–H groups in total. The van der Waals surface area contributed by atoms with Gasteiger partial charge in [-0.25, -0.2) is 0 Å². The van der Waals surface area contributed by atoms with Crippen molar-refractivity contribution in [2.45, 2.75) is 46.5 Å². The zero-order chi connectivity index (χ0) is 10.6.